The lowest BCUT2D eigenvalue weighted by atomic mass is 9.86. The molecule has 1 amide bonds. The predicted molar refractivity (Wildman–Crippen MR) is 146 cm³/mol. The lowest BCUT2D eigenvalue weighted by molar-refractivity contribution is 0.0932. The molecule has 0 unspecified atom stereocenters. The molecule has 6 heteroatoms. The zero-order valence-electron chi connectivity index (χ0n) is 21.0. The third-order valence-electron chi connectivity index (χ3n) is 7.73. The number of rotatable bonds is 5. The van der Waals surface area contributed by atoms with Crippen LogP contribution in [0.1, 0.15) is 65.2 Å². The minimum atomic E-state index is -0.148. The average Bonchev–Trinajstić information content (AvgIpc) is 2.94. The van der Waals surface area contributed by atoms with E-state index in [2.05, 4.69) is 33.4 Å². The van der Waals surface area contributed by atoms with Crippen molar-refractivity contribution in [3.8, 4) is 5.69 Å². The molecular weight excluding hydrogens is 460 g/mol. The van der Waals surface area contributed by atoms with Crippen molar-refractivity contribution < 1.29 is 4.79 Å². The van der Waals surface area contributed by atoms with Gasteiger partial charge in [-0.15, -0.1) is 0 Å². The molecule has 1 fully saturated rings. The molecule has 0 radical (unpaired) electrons. The van der Waals surface area contributed by atoms with E-state index in [1.807, 2.05) is 30.3 Å². The van der Waals surface area contributed by atoms with Crippen LogP contribution in [-0.4, -0.2) is 33.4 Å². The second-order valence-electron chi connectivity index (χ2n) is 10.3. The molecule has 2 heterocycles. The van der Waals surface area contributed by atoms with Gasteiger partial charge in [0.2, 0.25) is 0 Å². The maximum Gasteiger partial charge on any atom is 0.265 e. The number of carbonyl (C=O) groups is 1. The van der Waals surface area contributed by atoms with Crippen LogP contribution < -0.4 is 10.9 Å². The van der Waals surface area contributed by atoms with Crippen LogP contribution in [0.3, 0.4) is 0 Å². The molecule has 1 aliphatic carbocycles. The Morgan fingerprint density at radius 2 is 1.81 bits per heavy atom. The summed E-state index contributed by atoms with van der Waals surface area (Å²) < 4.78 is 1.50. The normalized spacial score (nSPS) is 17.9. The molecule has 1 aliphatic heterocycles. The number of hydrogen-bond acceptors (Lipinski definition) is 4. The lowest BCUT2D eigenvalue weighted by Crippen LogP contribution is -2.31. The van der Waals surface area contributed by atoms with Gasteiger partial charge in [-0.05, 0) is 92.2 Å². The first-order valence-electron chi connectivity index (χ1n) is 13.4. The van der Waals surface area contributed by atoms with Gasteiger partial charge in [-0.1, -0.05) is 42.8 Å². The van der Waals surface area contributed by atoms with Gasteiger partial charge >= 0.3 is 0 Å². The fraction of sp³-hybridized carbons (Fsp3) is 0.323. The van der Waals surface area contributed by atoms with Crippen molar-refractivity contribution in [2.45, 2.75) is 51.1 Å². The number of piperidine rings is 1. The van der Waals surface area contributed by atoms with Crippen LogP contribution in [0.5, 0.6) is 0 Å². The molecule has 6 nitrogen and oxygen atoms in total. The largest absolute Gasteiger partial charge is 0.345 e. The van der Waals surface area contributed by atoms with Gasteiger partial charge < -0.3 is 5.32 Å². The Balaban J connectivity index is 1.21. The number of para-hydroxylation sites is 1. The number of hydrogen-bond donors (Lipinski definition) is 1. The van der Waals surface area contributed by atoms with Crippen molar-refractivity contribution in [3.05, 3.63) is 106 Å². The van der Waals surface area contributed by atoms with Gasteiger partial charge in [0.05, 0.1) is 22.6 Å². The molecule has 0 bridgehead atoms. The molecule has 4 aromatic rings. The summed E-state index contributed by atoms with van der Waals surface area (Å²) in [5.41, 5.74) is 5.63. The minimum absolute atomic E-state index is 0.00555. The van der Waals surface area contributed by atoms with E-state index in [9.17, 15) is 9.59 Å². The van der Waals surface area contributed by atoms with E-state index in [0.29, 0.717) is 22.2 Å². The van der Waals surface area contributed by atoms with E-state index in [0.717, 1.165) is 25.8 Å². The molecule has 188 valence electrons. The third kappa shape index (κ3) is 4.94. The van der Waals surface area contributed by atoms with Crippen LogP contribution in [0.2, 0.25) is 0 Å². The summed E-state index contributed by atoms with van der Waals surface area (Å²) >= 11 is 0. The monoisotopic (exact) mass is 492 g/mol. The quantitative estimate of drug-likeness (QED) is 0.417. The zero-order valence-corrected chi connectivity index (χ0v) is 21.0. The van der Waals surface area contributed by atoms with E-state index < -0.39 is 0 Å². The Hall–Kier alpha value is -3.77. The van der Waals surface area contributed by atoms with Gasteiger partial charge in [0.1, 0.15) is 6.33 Å². The van der Waals surface area contributed by atoms with E-state index in [4.69, 9.17) is 0 Å². The van der Waals surface area contributed by atoms with E-state index in [-0.39, 0.29) is 17.5 Å². The maximum absolute atomic E-state index is 13.3. The topological polar surface area (TPSA) is 67.2 Å². The van der Waals surface area contributed by atoms with E-state index in [1.54, 1.807) is 18.2 Å². The Labute approximate surface area is 217 Å². The molecule has 6 rings (SSSR count). The van der Waals surface area contributed by atoms with Crippen LogP contribution in [0, 0.1) is 0 Å². The average molecular weight is 493 g/mol. The highest BCUT2D eigenvalue weighted by atomic mass is 16.1. The highest BCUT2D eigenvalue weighted by molar-refractivity contribution is 5.95. The van der Waals surface area contributed by atoms with Crippen molar-refractivity contribution in [2.24, 2.45) is 0 Å². The molecule has 0 saturated carbocycles. The van der Waals surface area contributed by atoms with Crippen molar-refractivity contribution in [1.82, 2.24) is 19.8 Å². The molecule has 1 aromatic heterocycles. The lowest BCUT2D eigenvalue weighted by Gasteiger charge is -2.29. The third-order valence-corrected chi connectivity index (χ3v) is 7.73. The Morgan fingerprint density at radius 1 is 0.946 bits per heavy atom. The zero-order chi connectivity index (χ0) is 25.2. The maximum atomic E-state index is 13.3. The van der Waals surface area contributed by atoms with Gasteiger partial charge in [0, 0.05) is 12.1 Å². The Morgan fingerprint density at radius 3 is 2.70 bits per heavy atom. The first kappa shape index (κ1) is 23.6. The highest BCUT2D eigenvalue weighted by Gasteiger charge is 2.23. The van der Waals surface area contributed by atoms with Gasteiger partial charge in [0.25, 0.3) is 11.5 Å². The highest BCUT2D eigenvalue weighted by Crippen LogP contribution is 2.31. The van der Waals surface area contributed by atoms with Crippen molar-refractivity contribution >= 4 is 16.8 Å². The van der Waals surface area contributed by atoms with Crippen LogP contribution in [0.4, 0.5) is 0 Å². The summed E-state index contributed by atoms with van der Waals surface area (Å²) in [6.45, 7) is 3.40. The molecule has 1 atom stereocenters. The smallest absolute Gasteiger partial charge is 0.265 e. The SMILES string of the molecule is O=C(N[C@@H]1CCCc2cc(CN3CCCCC3)ccc21)c1cccc(-n2cnc3ccccc3c2=O)c1. The van der Waals surface area contributed by atoms with Gasteiger partial charge in [-0.2, -0.15) is 0 Å². The van der Waals surface area contributed by atoms with Crippen molar-refractivity contribution in [3.63, 3.8) is 0 Å². The predicted octanol–water partition coefficient (Wildman–Crippen LogP) is 5.18. The molecule has 3 aromatic carbocycles. The molecule has 37 heavy (non-hydrogen) atoms. The first-order chi connectivity index (χ1) is 18.2. The minimum Gasteiger partial charge on any atom is -0.345 e. The fourth-order valence-electron chi connectivity index (χ4n) is 5.78. The van der Waals surface area contributed by atoms with Gasteiger partial charge in [0.15, 0.2) is 0 Å². The number of fused-ring (bicyclic) bond motifs is 2. The standard InChI is InChI=1S/C31H32N4O2/c36-30(24-9-6-10-25(19-24)35-21-32-28-12-3-2-11-27(28)31(35)37)33-29-13-7-8-23-18-22(14-15-26(23)29)20-34-16-4-1-5-17-34/h2-3,6,9-12,14-15,18-19,21,29H,1,4-5,7-8,13,16-17,20H2,(H,33,36)/t29-/m1/s1. The summed E-state index contributed by atoms with van der Waals surface area (Å²) in [7, 11) is 0. The summed E-state index contributed by atoms with van der Waals surface area (Å²) in [5, 5.41) is 3.82. The van der Waals surface area contributed by atoms with Crippen molar-refractivity contribution in [2.75, 3.05) is 13.1 Å². The van der Waals surface area contributed by atoms with Crippen LogP contribution in [-0.2, 0) is 13.0 Å². The first-order valence-corrected chi connectivity index (χ1v) is 13.4. The number of likely N-dealkylation sites (tertiary alicyclic amines) is 1. The van der Waals surface area contributed by atoms with Crippen LogP contribution >= 0.6 is 0 Å². The summed E-state index contributed by atoms with van der Waals surface area (Å²) in [5.74, 6) is -0.126. The van der Waals surface area contributed by atoms with Crippen LogP contribution in [0.15, 0.2) is 77.9 Å². The van der Waals surface area contributed by atoms with Gasteiger partial charge in [-0.3, -0.25) is 19.1 Å². The van der Waals surface area contributed by atoms with Crippen molar-refractivity contribution in [1.29, 1.82) is 0 Å². The molecule has 1 saturated heterocycles. The molecule has 1 N–H and O–H groups in total. The second-order valence-corrected chi connectivity index (χ2v) is 10.3. The summed E-state index contributed by atoms with van der Waals surface area (Å²) in [6, 6.07) is 21.3. The van der Waals surface area contributed by atoms with Gasteiger partial charge in [-0.25, -0.2) is 4.98 Å². The number of aromatic nitrogens is 2. The number of amides is 1. The number of benzene rings is 3. The van der Waals surface area contributed by atoms with E-state index >= 15 is 0 Å². The fourth-order valence-corrected chi connectivity index (χ4v) is 5.78. The Kier molecular flexibility index (Phi) is 6.58. The van der Waals surface area contributed by atoms with E-state index in [1.165, 1.54) is 59.9 Å². The second kappa shape index (κ2) is 10.3. The molecule has 2 aliphatic rings. The number of aryl methyl sites for hydroxylation is 1. The summed E-state index contributed by atoms with van der Waals surface area (Å²) in [6.07, 6.45) is 8.52. The molecular formula is C31H32N4O2. The number of nitrogens with zero attached hydrogens (tertiary/aromatic N) is 3. The molecule has 0 spiro atoms. The summed E-state index contributed by atoms with van der Waals surface area (Å²) in [4.78, 5) is 33.3. The Bertz CT molecular complexity index is 1500. The van der Waals surface area contributed by atoms with Crippen LogP contribution in [0.25, 0.3) is 16.6 Å². The number of nitrogens with one attached hydrogen (secondary N) is 1. The number of carbonyl (C=O) groups excluding carboxylic acids is 1.